The topological polar surface area (TPSA) is 46.2 Å². The second-order valence-corrected chi connectivity index (χ2v) is 9.56. The van der Waals surface area contributed by atoms with E-state index in [2.05, 4.69) is 15.9 Å². The highest BCUT2D eigenvalue weighted by molar-refractivity contribution is 9.10. The molecular weight excluding hydrogens is 596 g/mol. The molecule has 186 valence electrons. The van der Waals surface area contributed by atoms with Crippen LogP contribution in [0.15, 0.2) is 71.7 Å². The summed E-state index contributed by atoms with van der Waals surface area (Å²) in [7, 11) is 0. The summed E-state index contributed by atoms with van der Waals surface area (Å²) in [6.07, 6.45) is 8.07. The van der Waals surface area contributed by atoms with Gasteiger partial charge in [0.25, 0.3) is 11.8 Å². The number of imide groups is 1. The number of carbonyl (C=O) groups is 2. The van der Waals surface area contributed by atoms with Crippen LogP contribution in [0.5, 0.6) is 0 Å². The van der Waals surface area contributed by atoms with Crippen LogP contribution in [0.2, 0.25) is 0 Å². The van der Waals surface area contributed by atoms with Crippen molar-refractivity contribution in [2.45, 2.75) is 32.4 Å². The van der Waals surface area contributed by atoms with Gasteiger partial charge in [-0.15, -0.1) is 0 Å². The third-order valence-electron chi connectivity index (χ3n) is 6.35. The van der Waals surface area contributed by atoms with Gasteiger partial charge in [0.2, 0.25) is 6.33 Å². The molecule has 5 rings (SSSR count). The lowest BCUT2D eigenvalue weighted by molar-refractivity contribution is -0.688. The second kappa shape index (κ2) is 11.0. The molecule has 0 fully saturated rings. The SMILES string of the molecule is O=C1c2cccc3c(Br)ccc(c23)C(=O)N1CCCCCn1cc[n+](Cc2ccc(F)cc2F)c1.[Br-]. The normalized spacial score (nSPS) is 12.8. The zero-order valence-electron chi connectivity index (χ0n) is 19.3. The van der Waals surface area contributed by atoms with Crippen molar-refractivity contribution < 1.29 is 39.9 Å². The maximum absolute atomic E-state index is 13.9. The molecule has 9 heteroatoms. The van der Waals surface area contributed by atoms with Crippen LogP contribution in [-0.4, -0.2) is 27.8 Å². The lowest BCUT2D eigenvalue weighted by Crippen LogP contribution is -3.00. The number of imidazole rings is 1. The number of amides is 2. The molecule has 0 N–H and O–H groups in total. The molecule has 0 aliphatic carbocycles. The van der Waals surface area contributed by atoms with Gasteiger partial charge in [-0.3, -0.25) is 14.5 Å². The van der Waals surface area contributed by atoms with E-state index in [-0.39, 0.29) is 28.8 Å². The average Bonchev–Trinajstić information content (AvgIpc) is 3.29. The Bertz CT molecular complexity index is 1430. The van der Waals surface area contributed by atoms with Crippen LogP contribution in [0.4, 0.5) is 8.78 Å². The van der Waals surface area contributed by atoms with E-state index in [1.807, 2.05) is 46.1 Å². The van der Waals surface area contributed by atoms with Crippen LogP contribution in [0.1, 0.15) is 45.5 Å². The quantitative estimate of drug-likeness (QED) is 0.173. The standard InChI is InChI=1S/C27H23BrF2N3O2.BrH/c28-23-10-9-22-25-20(23)5-4-6-21(25)26(34)33(27(22)35)12-3-1-2-11-31-13-14-32(17-31)16-18-7-8-19(29)15-24(18)30;/h4-10,13-15,17H,1-3,11-12,16H2;1H/q+1;/p-1. The van der Waals surface area contributed by atoms with Crippen LogP contribution in [0.25, 0.3) is 10.8 Å². The summed E-state index contributed by atoms with van der Waals surface area (Å²) in [4.78, 5) is 27.4. The molecule has 4 aromatic rings. The number of halogens is 4. The fourth-order valence-electron chi connectivity index (χ4n) is 4.57. The first-order valence-corrected chi connectivity index (χ1v) is 12.3. The van der Waals surface area contributed by atoms with E-state index in [9.17, 15) is 18.4 Å². The predicted molar refractivity (Wildman–Crippen MR) is 131 cm³/mol. The number of rotatable bonds is 8. The minimum atomic E-state index is -0.587. The van der Waals surface area contributed by atoms with E-state index < -0.39 is 11.6 Å². The van der Waals surface area contributed by atoms with Crippen molar-refractivity contribution in [1.82, 2.24) is 9.47 Å². The summed E-state index contributed by atoms with van der Waals surface area (Å²) in [5.41, 5.74) is 1.55. The van der Waals surface area contributed by atoms with Gasteiger partial charge in [0.05, 0.1) is 6.54 Å². The van der Waals surface area contributed by atoms with Gasteiger partial charge in [-0.2, -0.15) is 0 Å². The zero-order chi connectivity index (χ0) is 24.5. The van der Waals surface area contributed by atoms with E-state index in [0.29, 0.717) is 36.2 Å². The van der Waals surface area contributed by atoms with Gasteiger partial charge in [0.15, 0.2) is 0 Å². The number of nitrogens with zero attached hydrogens (tertiary/aromatic N) is 3. The first kappa shape index (κ1) is 26.2. The molecule has 1 aliphatic heterocycles. The predicted octanol–water partition coefficient (Wildman–Crippen LogP) is 2.49. The smallest absolute Gasteiger partial charge is 0.261 e. The van der Waals surface area contributed by atoms with Crippen LogP contribution in [0.3, 0.4) is 0 Å². The molecule has 36 heavy (non-hydrogen) atoms. The number of carbonyl (C=O) groups excluding carboxylic acids is 2. The Hall–Kier alpha value is -2.91. The summed E-state index contributed by atoms with van der Waals surface area (Å²) in [5, 5.41) is 1.59. The molecule has 1 aliphatic rings. The largest absolute Gasteiger partial charge is 1.00 e. The van der Waals surface area contributed by atoms with Crippen molar-refractivity contribution in [2.24, 2.45) is 0 Å². The fraction of sp³-hybridized carbons (Fsp3) is 0.222. The molecule has 0 unspecified atom stereocenters. The summed E-state index contributed by atoms with van der Waals surface area (Å²) in [5.74, 6) is -1.63. The maximum atomic E-state index is 13.9. The number of benzene rings is 3. The Kier molecular flexibility index (Phi) is 8.00. The highest BCUT2D eigenvalue weighted by Crippen LogP contribution is 2.34. The molecule has 5 nitrogen and oxygen atoms in total. The Labute approximate surface area is 226 Å². The van der Waals surface area contributed by atoms with Gasteiger partial charge >= 0.3 is 0 Å². The molecule has 0 radical (unpaired) electrons. The van der Waals surface area contributed by atoms with E-state index in [4.69, 9.17) is 0 Å². The summed E-state index contributed by atoms with van der Waals surface area (Å²) < 4.78 is 31.7. The lowest BCUT2D eigenvalue weighted by Gasteiger charge is -2.27. The first-order valence-electron chi connectivity index (χ1n) is 11.5. The maximum Gasteiger partial charge on any atom is 0.261 e. The number of aryl methyl sites for hydroxylation is 1. The Morgan fingerprint density at radius 3 is 2.42 bits per heavy atom. The monoisotopic (exact) mass is 617 g/mol. The molecular formula is C27H23Br2F2N3O2. The minimum absolute atomic E-state index is 0. The van der Waals surface area contributed by atoms with Crippen LogP contribution in [-0.2, 0) is 13.1 Å². The summed E-state index contributed by atoms with van der Waals surface area (Å²) in [6, 6.07) is 12.7. The molecule has 0 atom stereocenters. The van der Waals surface area contributed by atoms with E-state index in [0.717, 1.165) is 40.7 Å². The molecule has 1 aromatic heterocycles. The molecule has 2 heterocycles. The number of hydrogen-bond donors (Lipinski definition) is 0. The van der Waals surface area contributed by atoms with Crippen molar-refractivity contribution in [3.63, 3.8) is 0 Å². The minimum Gasteiger partial charge on any atom is -1.00 e. The van der Waals surface area contributed by atoms with E-state index in [1.165, 1.54) is 17.0 Å². The highest BCUT2D eigenvalue weighted by Gasteiger charge is 2.32. The van der Waals surface area contributed by atoms with Crippen molar-refractivity contribution in [1.29, 1.82) is 0 Å². The molecule has 0 spiro atoms. The Morgan fingerprint density at radius 1 is 0.889 bits per heavy atom. The molecule has 2 amide bonds. The highest BCUT2D eigenvalue weighted by atomic mass is 79.9. The summed E-state index contributed by atoms with van der Waals surface area (Å²) >= 11 is 3.51. The van der Waals surface area contributed by atoms with Crippen LogP contribution >= 0.6 is 15.9 Å². The third kappa shape index (κ3) is 5.13. The van der Waals surface area contributed by atoms with Crippen molar-refractivity contribution in [3.8, 4) is 0 Å². The average molecular weight is 619 g/mol. The van der Waals surface area contributed by atoms with Gasteiger partial charge in [-0.05, 0) is 55.0 Å². The van der Waals surface area contributed by atoms with E-state index >= 15 is 0 Å². The van der Waals surface area contributed by atoms with Gasteiger partial charge in [-0.1, -0.05) is 28.1 Å². The zero-order valence-corrected chi connectivity index (χ0v) is 22.4. The Balaban J connectivity index is 0.00000304. The second-order valence-electron chi connectivity index (χ2n) is 8.71. The van der Waals surface area contributed by atoms with Crippen LogP contribution in [0, 0.1) is 11.6 Å². The van der Waals surface area contributed by atoms with Gasteiger partial charge in [-0.25, -0.2) is 17.9 Å². The van der Waals surface area contributed by atoms with Crippen LogP contribution < -0.4 is 21.5 Å². The Morgan fingerprint density at radius 2 is 1.64 bits per heavy atom. The third-order valence-corrected chi connectivity index (χ3v) is 7.04. The molecule has 0 bridgehead atoms. The molecule has 0 saturated heterocycles. The van der Waals surface area contributed by atoms with Gasteiger partial charge in [0.1, 0.15) is 30.6 Å². The van der Waals surface area contributed by atoms with Crippen molar-refractivity contribution in [3.05, 3.63) is 100 Å². The number of aromatic nitrogens is 2. The first-order chi connectivity index (χ1) is 16.9. The lowest BCUT2D eigenvalue weighted by atomic mass is 9.94. The number of unbranched alkanes of at least 4 members (excludes halogenated alkanes) is 2. The summed E-state index contributed by atoms with van der Waals surface area (Å²) in [6.45, 7) is 1.46. The fourth-order valence-corrected chi connectivity index (χ4v) is 5.03. The molecule has 3 aromatic carbocycles. The van der Waals surface area contributed by atoms with Crippen molar-refractivity contribution >= 4 is 38.5 Å². The number of hydrogen-bond acceptors (Lipinski definition) is 2. The van der Waals surface area contributed by atoms with Crippen molar-refractivity contribution in [2.75, 3.05) is 6.54 Å². The van der Waals surface area contributed by atoms with Gasteiger partial charge < -0.3 is 17.0 Å². The van der Waals surface area contributed by atoms with Gasteiger partial charge in [0, 0.05) is 39.2 Å². The molecule has 0 saturated carbocycles. The van der Waals surface area contributed by atoms with E-state index in [1.54, 1.807) is 12.1 Å².